The number of nitrogens with one attached hydrogen (secondary N) is 3. The highest BCUT2D eigenvalue weighted by Gasteiger charge is 2.30. The van der Waals surface area contributed by atoms with Gasteiger partial charge in [0.05, 0.1) is 26.2 Å². The lowest BCUT2D eigenvalue weighted by molar-refractivity contribution is -0.144. The molecule has 14 heteroatoms. The summed E-state index contributed by atoms with van der Waals surface area (Å²) in [4.78, 5) is 57.3. The van der Waals surface area contributed by atoms with Crippen molar-refractivity contribution in [3.05, 3.63) is 0 Å². The summed E-state index contributed by atoms with van der Waals surface area (Å²) in [7, 11) is 0. The lowest BCUT2D eigenvalue weighted by atomic mass is 10.1. The summed E-state index contributed by atoms with van der Waals surface area (Å²) in [6, 6.07) is -6.50. The average Bonchev–Trinajstić information content (AvgIpc) is 2.61. The van der Waals surface area contributed by atoms with Gasteiger partial charge in [0.1, 0.15) is 24.2 Å². The molecule has 0 rings (SSSR count). The Hall–Kier alpha value is -2.81. The number of carbonyl (C=O) groups is 5. The van der Waals surface area contributed by atoms with Gasteiger partial charge < -0.3 is 47.2 Å². The third kappa shape index (κ3) is 8.41. The first-order chi connectivity index (χ1) is 12.6. The quantitative estimate of drug-likeness (QED) is 0.151. The first-order valence-electron chi connectivity index (χ1n) is 7.51. The van der Waals surface area contributed by atoms with Crippen LogP contribution in [0.5, 0.6) is 0 Å². The molecule has 0 saturated heterocycles. The Morgan fingerprint density at radius 3 is 1.56 bits per heavy atom. The van der Waals surface area contributed by atoms with E-state index in [0.717, 1.165) is 0 Å². The fraction of sp³-hybridized carbons (Fsp3) is 0.615. The molecule has 0 aliphatic heterocycles. The molecule has 14 nitrogen and oxygen atoms in total. The Morgan fingerprint density at radius 2 is 1.15 bits per heavy atom. The molecule has 4 atom stereocenters. The van der Waals surface area contributed by atoms with Gasteiger partial charge in [0, 0.05) is 0 Å². The third-order valence-electron chi connectivity index (χ3n) is 3.16. The highest BCUT2D eigenvalue weighted by atomic mass is 16.4. The van der Waals surface area contributed by atoms with Crippen LogP contribution in [0.15, 0.2) is 0 Å². The molecule has 0 radical (unpaired) electrons. The highest BCUT2D eigenvalue weighted by molar-refractivity contribution is 5.95. The van der Waals surface area contributed by atoms with Crippen LogP contribution in [0.2, 0.25) is 0 Å². The van der Waals surface area contributed by atoms with Crippen LogP contribution >= 0.6 is 0 Å². The molecule has 0 bridgehead atoms. The molecule has 4 unspecified atom stereocenters. The van der Waals surface area contributed by atoms with Crippen molar-refractivity contribution < 1.29 is 49.5 Å². The fourth-order valence-corrected chi connectivity index (χ4v) is 1.67. The Bertz CT molecular complexity index is 569. The molecule has 154 valence electrons. The van der Waals surface area contributed by atoms with Crippen molar-refractivity contribution in [3.63, 3.8) is 0 Å². The van der Waals surface area contributed by atoms with E-state index in [9.17, 15) is 29.1 Å². The maximum atomic E-state index is 12.1. The van der Waals surface area contributed by atoms with Gasteiger partial charge in [-0.05, 0) is 0 Å². The van der Waals surface area contributed by atoms with E-state index < -0.39 is 80.1 Å². The third-order valence-corrected chi connectivity index (χ3v) is 3.16. The van der Waals surface area contributed by atoms with Crippen LogP contribution in [0.25, 0.3) is 0 Å². The van der Waals surface area contributed by atoms with Gasteiger partial charge in [0.25, 0.3) is 0 Å². The molecule has 0 aliphatic rings. The van der Waals surface area contributed by atoms with Gasteiger partial charge in [-0.1, -0.05) is 0 Å². The molecule has 0 fully saturated rings. The Morgan fingerprint density at radius 1 is 0.704 bits per heavy atom. The number of nitrogens with two attached hydrogens (primary N) is 1. The van der Waals surface area contributed by atoms with Crippen LogP contribution in [-0.4, -0.2) is 99.2 Å². The molecule has 0 aromatic carbocycles. The predicted molar refractivity (Wildman–Crippen MR) is 84.9 cm³/mol. The molecule has 0 saturated carbocycles. The molecule has 10 N–H and O–H groups in total. The molecule has 0 aromatic heterocycles. The minimum atomic E-state index is -1.69. The van der Waals surface area contributed by atoms with Crippen LogP contribution in [-0.2, 0) is 24.0 Å². The fourth-order valence-electron chi connectivity index (χ4n) is 1.67. The Balaban J connectivity index is 5.13. The minimum absolute atomic E-state index is 0.771. The van der Waals surface area contributed by atoms with Crippen molar-refractivity contribution >= 4 is 29.7 Å². The van der Waals surface area contributed by atoms with Gasteiger partial charge in [-0.15, -0.1) is 0 Å². The topological polar surface area (TPSA) is 249 Å². The van der Waals surface area contributed by atoms with E-state index in [2.05, 4.69) is 0 Å². The van der Waals surface area contributed by atoms with Crippen LogP contribution in [0.4, 0.5) is 0 Å². The van der Waals surface area contributed by atoms with Crippen molar-refractivity contribution in [1.29, 1.82) is 0 Å². The van der Waals surface area contributed by atoms with Crippen molar-refractivity contribution in [1.82, 2.24) is 16.0 Å². The number of hydrogen-bond donors (Lipinski definition) is 9. The number of aliphatic carboxylic acids is 2. The monoisotopic (exact) mass is 394 g/mol. The van der Waals surface area contributed by atoms with Crippen LogP contribution in [0, 0.1) is 0 Å². The van der Waals surface area contributed by atoms with E-state index in [4.69, 9.17) is 26.2 Å². The van der Waals surface area contributed by atoms with Crippen LogP contribution in [0.1, 0.15) is 6.42 Å². The number of hydrogen-bond acceptors (Lipinski definition) is 9. The number of carbonyl (C=O) groups excluding carboxylic acids is 3. The lowest BCUT2D eigenvalue weighted by Gasteiger charge is -2.23. The second-order valence-corrected chi connectivity index (χ2v) is 5.27. The van der Waals surface area contributed by atoms with Gasteiger partial charge >= 0.3 is 11.9 Å². The summed E-state index contributed by atoms with van der Waals surface area (Å²) >= 11 is 0. The van der Waals surface area contributed by atoms with E-state index in [0.29, 0.717) is 0 Å². The normalized spacial score (nSPS) is 15.0. The van der Waals surface area contributed by atoms with E-state index in [1.54, 1.807) is 0 Å². The number of aliphatic hydroxyl groups excluding tert-OH is 3. The van der Waals surface area contributed by atoms with Gasteiger partial charge in [-0.25, -0.2) is 4.79 Å². The minimum Gasteiger partial charge on any atom is -0.481 e. The van der Waals surface area contributed by atoms with Gasteiger partial charge in [0.15, 0.2) is 0 Å². The molecular formula is C13H22N4O10. The summed E-state index contributed by atoms with van der Waals surface area (Å²) in [6.07, 6.45) is -0.899. The average molecular weight is 394 g/mol. The zero-order valence-corrected chi connectivity index (χ0v) is 14.0. The van der Waals surface area contributed by atoms with Crippen molar-refractivity contribution in [2.45, 2.75) is 30.6 Å². The maximum absolute atomic E-state index is 12.1. The summed E-state index contributed by atoms with van der Waals surface area (Å²) in [5.74, 6) is -6.43. The SMILES string of the molecule is NC(CO)C(=O)NC(CC(=O)O)C(=O)NC(CO)C(=O)NC(CO)C(=O)O. The molecular weight excluding hydrogens is 372 g/mol. The van der Waals surface area contributed by atoms with Crippen LogP contribution < -0.4 is 21.7 Å². The van der Waals surface area contributed by atoms with Gasteiger partial charge in [-0.3, -0.25) is 19.2 Å². The number of carboxylic acids is 2. The highest BCUT2D eigenvalue weighted by Crippen LogP contribution is 1.97. The summed E-state index contributed by atoms with van der Waals surface area (Å²) < 4.78 is 0. The van der Waals surface area contributed by atoms with Crippen LogP contribution in [0.3, 0.4) is 0 Å². The Labute approximate surface area is 152 Å². The standard InChI is InChI=1S/C13H22N4O10/c14-5(2-18)10(23)15-6(1-9(21)22)11(24)16-7(3-19)12(25)17-8(4-20)13(26)27/h5-8,18-20H,1-4,14H2,(H,15,23)(H,16,24)(H,17,25)(H,21,22)(H,26,27). The van der Waals surface area contributed by atoms with Crippen molar-refractivity contribution in [2.75, 3.05) is 19.8 Å². The Kier molecular flexibility index (Phi) is 10.5. The first-order valence-corrected chi connectivity index (χ1v) is 7.51. The largest absolute Gasteiger partial charge is 0.481 e. The first kappa shape index (κ1) is 24.2. The van der Waals surface area contributed by atoms with E-state index >= 15 is 0 Å². The van der Waals surface area contributed by atoms with E-state index in [-0.39, 0.29) is 0 Å². The molecule has 0 aliphatic carbocycles. The zero-order chi connectivity index (χ0) is 21.1. The molecule has 0 spiro atoms. The number of rotatable bonds is 12. The number of carboxylic acid groups (broad SMARTS) is 2. The number of aliphatic hydroxyl groups is 3. The smallest absolute Gasteiger partial charge is 0.328 e. The second-order valence-electron chi connectivity index (χ2n) is 5.27. The lowest BCUT2D eigenvalue weighted by Crippen LogP contribution is -2.59. The summed E-state index contributed by atoms with van der Waals surface area (Å²) in [6.45, 7) is -2.71. The number of amides is 3. The summed E-state index contributed by atoms with van der Waals surface area (Å²) in [5.41, 5.74) is 5.25. The van der Waals surface area contributed by atoms with E-state index in [1.807, 2.05) is 16.0 Å². The molecule has 0 heterocycles. The predicted octanol–water partition coefficient (Wildman–Crippen LogP) is -5.70. The second kappa shape index (κ2) is 11.7. The molecule has 3 amide bonds. The van der Waals surface area contributed by atoms with Crippen molar-refractivity contribution in [3.8, 4) is 0 Å². The van der Waals surface area contributed by atoms with Gasteiger partial charge in [0.2, 0.25) is 17.7 Å². The molecule has 0 aromatic rings. The van der Waals surface area contributed by atoms with E-state index in [1.165, 1.54) is 0 Å². The maximum Gasteiger partial charge on any atom is 0.328 e. The van der Waals surface area contributed by atoms with Gasteiger partial charge in [-0.2, -0.15) is 0 Å². The summed E-state index contributed by atoms with van der Waals surface area (Å²) in [5, 5.41) is 50.2. The molecule has 27 heavy (non-hydrogen) atoms. The zero-order valence-electron chi connectivity index (χ0n) is 14.0. The van der Waals surface area contributed by atoms with Crippen molar-refractivity contribution in [2.24, 2.45) is 5.73 Å².